The second kappa shape index (κ2) is 3.94. The number of pyridine rings is 1. The third-order valence-corrected chi connectivity index (χ3v) is 2.37. The summed E-state index contributed by atoms with van der Waals surface area (Å²) in [6.45, 7) is 3.59. The Labute approximate surface area is 83.7 Å². The van der Waals surface area contributed by atoms with Gasteiger partial charge in [0.25, 0.3) is 0 Å². The van der Waals surface area contributed by atoms with Crippen LogP contribution in [0.5, 0.6) is 0 Å². The molecule has 0 aliphatic carbocycles. The van der Waals surface area contributed by atoms with E-state index in [1.165, 1.54) is 0 Å². The molecule has 0 aromatic carbocycles. The monoisotopic (exact) mass is 196 g/mol. The predicted molar refractivity (Wildman–Crippen MR) is 54.7 cm³/mol. The van der Waals surface area contributed by atoms with Gasteiger partial charge in [-0.05, 0) is 19.9 Å². The standard InChI is InChI=1S/C10H16N2O2/c1-10(2,14-3)9(13)7-6-12-5-4-8(7)11/h4-6,9,13H,1-3H3,(H2,11,12). The molecule has 1 heterocycles. The van der Waals surface area contributed by atoms with E-state index in [1.807, 2.05) is 0 Å². The number of aliphatic hydroxyl groups is 1. The molecule has 0 radical (unpaired) electrons. The first-order valence-corrected chi connectivity index (χ1v) is 4.41. The van der Waals surface area contributed by atoms with Crippen molar-refractivity contribution in [3.8, 4) is 0 Å². The molecule has 0 amide bonds. The zero-order valence-corrected chi connectivity index (χ0v) is 8.69. The van der Waals surface area contributed by atoms with Gasteiger partial charge in [-0.3, -0.25) is 4.98 Å². The summed E-state index contributed by atoms with van der Waals surface area (Å²) in [5.74, 6) is 0. The number of methoxy groups -OCH3 is 1. The van der Waals surface area contributed by atoms with Gasteiger partial charge in [0.15, 0.2) is 0 Å². The van der Waals surface area contributed by atoms with Crippen molar-refractivity contribution in [2.45, 2.75) is 25.6 Å². The molecule has 0 spiro atoms. The lowest BCUT2D eigenvalue weighted by molar-refractivity contribution is -0.0791. The molecule has 0 saturated carbocycles. The fourth-order valence-electron chi connectivity index (χ4n) is 1.13. The van der Waals surface area contributed by atoms with Crippen molar-refractivity contribution >= 4 is 5.69 Å². The van der Waals surface area contributed by atoms with Crippen molar-refractivity contribution in [2.24, 2.45) is 0 Å². The highest BCUT2D eigenvalue weighted by Crippen LogP contribution is 2.30. The number of nitrogens with zero attached hydrogens (tertiary/aromatic N) is 1. The molecule has 14 heavy (non-hydrogen) atoms. The number of nitrogens with two attached hydrogens (primary N) is 1. The van der Waals surface area contributed by atoms with E-state index in [0.29, 0.717) is 11.3 Å². The van der Waals surface area contributed by atoms with Crippen LogP contribution in [-0.4, -0.2) is 22.8 Å². The molecule has 3 N–H and O–H groups in total. The minimum atomic E-state index is -0.777. The van der Waals surface area contributed by atoms with Crippen LogP contribution in [0.3, 0.4) is 0 Å². The van der Waals surface area contributed by atoms with Gasteiger partial charge in [0.2, 0.25) is 0 Å². The summed E-state index contributed by atoms with van der Waals surface area (Å²) in [7, 11) is 1.55. The van der Waals surface area contributed by atoms with Gasteiger partial charge >= 0.3 is 0 Å². The summed E-state index contributed by atoms with van der Waals surface area (Å²) in [6.07, 6.45) is 2.37. The number of nitrogen functional groups attached to an aromatic ring is 1. The predicted octanol–water partition coefficient (Wildman–Crippen LogP) is 1.12. The summed E-state index contributed by atoms with van der Waals surface area (Å²) in [6, 6.07) is 1.66. The van der Waals surface area contributed by atoms with Crippen LogP contribution in [0.25, 0.3) is 0 Å². The van der Waals surface area contributed by atoms with Crippen LogP contribution in [0, 0.1) is 0 Å². The largest absolute Gasteiger partial charge is 0.398 e. The number of aromatic nitrogens is 1. The number of rotatable bonds is 3. The molecule has 78 valence electrons. The highest BCUT2D eigenvalue weighted by atomic mass is 16.5. The van der Waals surface area contributed by atoms with E-state index in [1.54, 1.807) is 39.4 Å². The maximum absolute atomic E-state index is 9.98. The van der Waals surface area contributed by atoms with E-state index in [2.05, 4.69) is 4.98 Å². The summed E-state index contributed by atoms with van der Waals surface area (Å²) in [5, 5.41) is 9.98. The first-order chi connectivity index (χ1) is 6.49. The van der Waals surface area contributed by atoms with Crippen molar-refractivity contribution in [1.82, 2.24) is 4.98 Å². The lowest BCUT2D eigenvalue weighted by Gasteiger charge is -2.29. The lowest BCUT2D eigenvalue weighted by atomic mass is 9.95. The van der Waals surface area contributed by atoms with Gasteiger partial charge in [0.1, 0.15) is 6.10 Å². The zero-order chi connectivity index (χ0) is 10.8. The number of hydrogen-bond acceptors (Lipinski definition) is 4. The Morgan fingerprint density at radius 1 is 1.57 bits per heavy atom. The quantitative estimate of drug-likeness (QED) is 0.760. The van der Waals surface area contributed by atoms with Gasteiger partial charge in [0.05, 0.1) is 5.60 Å². The topological polar surface area (TPSA) is 68.4 Å². The third-order valence-electron chi connectivity index (χ3n) is 2.37. The van der Waals surface area contributed by atoms with E-state index in [9.17, 15) is 5.11 Å². The summed E-state index contributed by atoms with van der Waals surface area (Å²) < 4.78 is 5.18. The van der Waals surface area contributed by atoms with Crippen LogP contribution in [0.2, 0.25) is 0 Å². The Morgan fingerprint density at radius 3 is 2.71 bits per heavy atom. The van der Waals surface area contributed by atoms with Crippen LogP contribution in [0.15, 0.2) is 18.5 Å². The fraction of sp³-hybridized carbons (Fsp3) is 0.500. The van der Waals surface area contributed by atoms with Crippen molar-refractivity contribution in [3.05, 3.63) is 24.0 Å². The summed E-state index contributed by atoms with van der Waals surface area (Å²) >= 11 is 0. The second-order valence-corrected chi connectivity index (χ2v) is 3.71. The Kier molecular flexibility index (Phi) is 3.08. The van der Waals surface area contributed by atoms with Crippen molar-refractivity contribution in [1.29, 1.82) is 0 Å². The number of ether oxygens (including phenoxy) is 1. The van der Waals surface area contributed by atoms with Gasteiger partial charge in [-0.2, -0.15) is 0 Å². The normalized spacial score (nSPS) is 14.0. The molecule has 1 atom stereocenters. The Balaban J connectivity index is 3.00. The molecule has 0 bridgehead atoms. The average molecular weight is 196 g/mol. The SMILES string of the molecule is COC(C)(C)C(O)c1cnccc1N. The maximum atomic E-state index is 9.98. The van der Waals surface area contributed by atoms with Crippen molar-refractivity contribution in [2.75, 3.05) is 12.8 Å². The van der Waals surface area contributed by atoms with E-state index in [-0.39, 0.29) is 0 Å². The van der Waals surface area contributed by atoms with Gasteiger partial charge in [-0.15, -0.1) is 0 Å². The molecule has 4 heteroatoms. The highest BCUT2D eigenvalue weighted by Gasteiger charge is 2.30. The molecule has 0 fully saturated rings. The van der Waals surface area contributed by atoms with Crippen molar-refractivity contribution in [3.63, 3.8) is 0 Å². The van der Waals surface area contributed by atoms with Gasteiger partial charge < -0.3 is 15.6 Å². The van der Waals surface area contributed by atoms with Crippen LogP contribution >= 0.6 is 0 Å². The molecular weight excluding hydrogens is 180 g/mol. The molecule has 4 nitrogen and oxygen atoms in total. The average Bonchev–Trinajstić information content (AvgIpc) is 2.17. The number of aliphatic hydroxyl groups excluding tert-OH is 1. The highest BCUT2D eigenvalue weighted by molar-refractivity contribution is 5.46. The summed E-state index contributed by atoms with van der Waals surface area (Å²) in [5.41, 5.74) is 6.17. The minimum Gasteiger partial charge on any atom is -0.398 e. The van der Waals surface area contributed by atoms with Gasteiger partial charge in [0, 0.05) is 30.8 Å². The van der Waals surface area contributed by atoms with Crippen LogP contribution in [0.4, 0.5) is 5.69 Å². The lowest BCUT2D eigenvalue weighted by Crippen LogP contribution is -2.32. The van der Waals surface area contributed by atoms with Gasteiger partial charge in [-0.25, -0.2) is 0 Å². The molecular formula is C10H16N2O2. The van der Waals surface area contributed by atoms with Crippen LogP contribution in [0.1, 0.15) is 25.5 Å². The number of hydrogen-bond donors (Lipinski definition) is 2. The van der Waals surface area contributed by atoms with Crippen LogP contribution < -0.4 is 5.73 Å². The smallest absolute Gasteiger partial charge is 0.111 e. The van der Waals surface area contributed by atoms with E-state index in [0.717, 1.165) is 0 Å². The molecule has 0 saturated heterocycles. The van der Waals surface area contributed by atoms with E-state index >= 15 is 0 Å². The minimum absolute atomic E-state index is 0.526. The van der Waals surface area contributed by atoms with Crippen LogP contribution in [-0.2, 0) is 4.74 Å². The third kappa shape index (κ3) is 2.02. The second-order valence-electron chi connectivity index (χ2n) is 3.71. The Bertz CT molecular complexity index is 313. The zero-order valence-electron chi connectivity index (χ0n) is 8.69. The molecule has 0 aliphatic heterocycles. The summed E-state index contributed by atoms with van der Waals surface area (Å²) in [4.78, 5) is 3.92. The molecule has 1 aromatic rings. The fourth-order valence-corrected chi connectivity index (χ4v) is 1.13. The molecule has 0 aliphatic rings. The Morgan fingerprint density at radius 2 is 2.21 bits per heavy atom. The maximum Gasteiger partial charge on any atom is 0.111 e. The first-order valence-electron chi connectivity index (χ1n) is 4.41. The van der Waals surface area contributed by atoms with E-state index in [4.69, 9.17) is 10.5 Å². The molecule has 1 aromatic heterocycles. The van der Waals surface area contributed by atoms with E-state index < -0.39 is 11.7 Å². The van der Waals surface area contributed by atoms with Crippen molar-refractivity contribution < 1.29 is 9.84 Å². The Hall–Kier alpha value is -1.13. The number of anilines is 1. The van der Waals surface area contributed by atoms with Gasteiger partial charge in [-0.1, -0.05) is 0 Å². The molecule has 1 rings (SSSR count). The molecule has 1 unspecified atom stereocenters. The first kappa shape index (κ1) is 10.9.